The van der Waals surface area contributed by atoms with E-state index in [9.17, 15) is 4.79 Å². The largest absolute Gasteiger partial charge is 0.466 e. The molecule has 17 heavy (non-hydrogen) atoms. The van der Waals surface area contributed by atoms with E-state index in [0.717, 1.165) is 19.4 Å². The third-order valence-corrected chi connectivity index (χ3v) is 3.21. The average Bonchev–Trinajstić information content (AvgIpc) is 2.40. The van der Waals surface area contributed by atoms with Gasteiger partial charge in [0.1, 0.15) is 0 Å². The number of nitrogens with one attached hydrogen (secondary N) is 1. The number of hydrogen-bond acceptors (Lipinski definition) is 3. The van der Waals surface area contributed by atoms with E-state index in [1.807, 2.05) is 25.1 Å². The number of carbonyl (C=O) groups is 1. The van der Waals surface area contributed by atoms with Gasteiger partial charge in [-0.2, -0.15) is 0 Å². The molecule has 1 saturated heterocycles. The molecule has 0 saturated carbocycles. The molecule has 3 nitrogen and oxygen atoms in total. The number of esters is 1. The fourth-order valence-electron chi connectivity index (χ4n) is 2.40. The zero-order valence-corrected chi connectivity index (χ0v) is 10.2. The van der Waals surface area contributed by atoms with Crippen LogP contribution in [-0.2, 0) is 9.53 Å². The monoisotopic (exact) mass is 233 g/mol. The van der Waals surface area contributed by atoms with Gasteiger partial charge in [0.05, 0.1) is 12.5 Å². The zero-order valence-electron chi connectivity index (χ0n) is 10.2. The van der Waals surface area contributed by atoms with Crippen LogP contribution in [0, 0.1) is 5.92 Å². The van der Waals surface area contributed by atoms with Crippen molar-refractivity contribution in [2.45, 2.75) is 25.8 Å². The lowest BCUT2D eigenvalue weighted by molar-refractivity contribution is -0.150. The number of benzene rings is 1. The highest BCUT2D eigenvalue weighted by Crippen LogP contribution is 2.30. The van der Waals surface area contributed by atoms with Gasteiger partial charge in [0.2, 0.25) is 0 Å². The molecule has 0 unspecified atom stereocenters. The summed E-state index contributed by atoms with van der Waals surface area (Å²) in [4.78, 5) is 11.9. The molecule has 1 aliphatic heterocycles. The van der Waals surface area contributed by atoms with E-state index in [-0.39, 0.29) is 17.9 Å². The van der Waals surface area contributed by atoms with Crippen LogP contribution in [0.4, 0.5) is 0 Å². The standard InChI is InChI=1S/C14H19NO2/c1-2-17-14(16)12-9-6-10-15-13(12)11-7-4-3-5-8-11/h3-5,7-8,12-13,15H,2,6,9-10H2,1H3/t12-,13+/m1/s1. The summed E-state index contributed by atoms with van der Waals surface area (Å²) in [6, 6.07) is 10.2. The van der Waals surface area contributed by atoms with Crippen molar-refractivity contribution in [3.8, 4) is 0 Å². The first-order chi connectivity index (χ1) is 8.33. The minimum atomic E-state index is -0.0754. The molecule has 0 radical (unpaired) electrons. The lowest BCUT2D eigenvalue weighted by Crippen LogP contribution is -2.39. The topological polar surface area (TPSA) is 38.3 Å². The number of hydrogen-bond donors (Lipinski definition) is 1. The molecule has 92 valence electrons. The van der Waals surface area contributed by atoms with Crippen molar-refractivity contribution in [3.63, 3.8) is 0 Å². The van der Waals surface area contributed by atoms with E-state index in [1.54, 1.807) is 0 Å². The molecule has 1 aromatic carbocycles. The van der Waals surface area contributed by atoms with Crippen LogP contribution in [0.1, 0.15) is 31.4 Å². The normalized spacial score (nSPS) is 24.3. The smallest absolute Gasteiger partial charge is 0.310 e. The third kappa shape index (κ3) is 2.86. The highest BCUT2D eigenvalue weighted by Gasteiger charge is 2.32. The second-order valence-corrected chi connectivity index (χ2v) is 4.34. The predicted octanol–water partition coefficient (Wildman–Crippen LogP) is 2.29. The molecule has 0 amide bonds. The van der Waals surface area contributed by atoms with Gasteiger partial charge < -0.3 is 10.1 Å². The van der Waals surface area contributed by atoms with Gasteiger partial charge >= 0.3 is 5.97 Å². The Labute approximate surface area is 102 Å². The van der Waals surface area contributed by atoms with Crippen LogP contribution < -0.4 is 5.32 Å². The first kappa shape index (κ1) is 12.1. The van der Waals surface area contributed by atoms with Gasteiger partial charge in [-0.3, -0.25) is 4.79 Å². The Bertz CT molecular complexity index is 364. The van der Waals surface area contributed by atoms with Crippen LogP contribution in [0.15, 0.2) is 30.3 Å². The maximum Gasteiger partial charge on any atom is 0.310 e. The van der Waals surface area contributed by atoms with Crippen molar-refractivity contribution in [2.24, 2.45) is 5.92 Å². The Morgan fingerprint density at radius 3 is 2.88 bits per heavy atom. The Kier molecular flexibility index (Phi) is 4.15. The Balaban J connectivity index is 2.15. The maximum absolute atomic E-state index is 11.9. The highest BCUT2D eigenvalue weighted by atomic mass is 16.5. The third-order valence-electron chi connectivity index (χ3n) is 3.21. The molecule has 0 spiro atoms. The van der Waals surface area contributed by atoms with Gasteiger partial charge in [-0.25, -0.2) is 0 Å². The van der Waals surface area contributed by atoms with Crippen LogP contribution in [0.5, 0.6) is 0 Å². The quantitative estimate of drug-likeness (QED) is 0.814. The lowest BCUT2D eigenvalue weighted by atomic mass is 9.86. The molecule has 3 heteroatoms. The summed E-state index contributed by atoms with van der Waals surface area (Å²) in [7, 11) is 0. The summed E-state index contributed by atoms with van der Waals surface area (Å²) in [6.07, 6.45) is 1.94. The van der Waals surface area contributed by atoms with Crippen LogP contribution in [0.3, 0.4) is 0 Å². The predicted molar refractivity (Wildman–Crippen MR) is 66.5 cm³/mol. The second-order valence-electron chi connectivity index (χ2n) is 4.34. The van der Waals surface area contributed by atoms with Crippen molar-refractivity contribution >= 4 is 5.97 Å². The number of carbonyl (C=O) groups excluding carboxylic acids is 1. The van der Waals surface area contributed by atoms with Crippen molar-refractivity contribution < 1.29 is 9.53 Å². The average molecular weight is 233 g/mol. The van der Waals surface area contributed by atoms with E-state index < -0.39 is 0 Å². The van der Waals surface area contributed by atoms with Crippen LogP contribution in [-0.4, -0.2) is 19.1 Å². The van der Waals surface area contributed by atoms with Gasteiger partial charge in [0.15, 0.2) is 0 Å². The fourth-order valence-corrected chi connectivity index (χ4v) is 2.40. The first-order valence-electron chi connectivity index (χ1n) is 6.28. The minimum absolute atomic E-state index is 0.0499. The Morgan fingerprint density at radius 2 is 2.18 bits per heavy atom. The molecular formula is C14H19NO2. The van der Waals surface area contributed by atoms with Gasteiger partial charge in [0.25, 0.3) is 0 Å². The van der Waals surface area contributed by atoms with Crippen LogP contribution in [0.25, 0.3) is 0 Å². The molecule has 1 fully saturated rings. The van der Waals surface area contributed by atoms with E-state index >= 15 is 0 Å². The summed E-state index contributed by atoms with van der Waals surface area (Å²) in [5.41, 5.74) is 1.17. The first-order valence-corrected chi connectivity index (χ1v) is 6.28. The zero-order chi connectivity index (χ0) is 12.1. The fraction of sp³-hybridized carbons (Fsp3) is 0.500. The van der Waals surface area contributed by atoms with Gasteiger partial charge in [-0.15, -0.1) is 0 Å². The summed E-state index contributed by atoms with van der Waals surface area (Å²) in [5.74, 6) is -0.125. The Morgan fingerprint density at radius 1 is 1.41 bits per heavy atom. The van der Waals surface area contributed by atoms with Gasteiger partial charge in [-0.1, -0.05) is 30.3 Å². The molecular weight excluding hydrogens is 214 g/mol. The van der Waals surface area contributed by atoms with Crippen molar-refractivity contribution in [1.82, 2.24) is 5.32 Å². The number of piperidine rings is 1. The summed E-state index contributed by atoms with van der Waals surface area (Å²) >= 11 is 0. The van der Waals surface area contributed by atoms with E-state index in [2.05, 4.69) is 17.4 Å². The minimum Gasteiger partial charge on any atom is -0.466 e. The SMILES string of the molecule is CCOC(=O)[C@@H]1CCCN[C@H]1c1ccccc1. The van der Waals surface area contributed by atoms with E-state index in [0.29, 0.717) is 6.61 Å². The van der Waals surface area contributed by atoms with E-state index in [1.165, 1.54) is 5.56 Å². The molecule has 0 bridgehead atoms. The molecule has 1 aromatic rings. The van der Waals surface area contributed by atoms with Crippen molar-refractivity contribution in [3.05, 3.63) is 35.9 Å². The summed E-state index contributed by atoms with van der Waals surface area (Å²) in [5, 5.41) is 3.42. The molecule has 0 aromatic heterocycles. The molecule has 0 aliphatic carbocycles. The summed E-state index contributed by atoms with van der Waals surface area (Å²) < 4.78 is 5.15. The van der Waals surface area contributed by atoms with Crippen molar-refractivity contribution in [1.29, 1.82) is 0 Å². The van der Waals surface area contributed by atoms with Gasteiger partial charge in [0, 0.05) is 6.04 Å². The van der Waals surface area contributed by atoms with E-state index in [4.69, 9.17) is 4.74 Å². The molecule has 2 rings (SSSR count). The van der Waals surface area contributed by atoms with Crippen molar-refractivity contribution in [2.75, 3.05) is 13.2 Å². The molecule has 1 N–H and O–H groups in total. The summed E-state index contributed by atoms with van der Waals surface area (Å²) in [6.45, 7) is 3.28. The van der Waals surface area contributed by atoms with Crippen LogP contribution >= 0.6 is 0 Å². The molecule has 1 aliphatic rings. The molecule has 2 atom stereocenters. The number of rotatable bonds is 3. The second kappa shape index (κ2) is 5.82. The lowest BCUT2D eigenvalue weighted by Gasteiger charge is -2.31. The van der Waals surface area contributed by atoms with Crippen LogP contribution in [0.2, 0.25) is 0 Å². The number of ether oxygens (including phenoxy) is 1. The highest BCUT2D eigenvalue weighted by molar-refractivity contribution is 5.73. The maximum atomic E-state index is 11.9. The Hall–Kier alpha value is -1.35. The molecule has 1 heterocycles. The van der Waals surface area contributed by atoms with Gasteiger partial charge in [-0.05, 0) is 31.9 Å².